The van der Waals surface area contributed by atoms with E-state index in [1.165, 1.54) is 12.3 Å². The average molecular weight is 344 g/mol. The molecule has 25 heavy (non-hydrogen) atoms. The maximum absolute atomic E-state index is 12.0. The molecule has 0 saturated carbocycles. The van der Waals surface area contributed by atoms with E-state index in [1.807, 2.05) is 32.0 Å². The van der Waals surface area contributed by atoms with E-state index < -0.39 is 5.91 Å². The number of hydrogen-bond donors (Lipinski definition) is 2. The van der Waals surface area contributed by atoms with Crippen LogP contribution >= 0.6 is 0 Å². The number of carbonyl (C=O) groups is 2. The Morgan fingerprint density at radius 3 is 2.68 bits per heavy atom. The first kappa shape index (κ1) is 16.9. The van der Waals surface area contributed by atoms with E-state index in [0.717, 1.165) is 11.3 Å². The van der Waals surface area contributed by atoms with Crippen molar-refractivity contribution in [2.45, 2.75) is 19.3 Å². The molecular weight excluding hydrogens is 324 g/mol. The molecule has 3 rings (SSSR count). The van der Waals surface area contributed by atoms with Crippen LogP contribution in [0.15, 0.2) is 41.0 Å². The highest BCUT2D eigenvalue weighted by Gasteiger charge is 2.24. The van der Waals surface area contributed by atoms with E-state index in [-0.39, 0.29) is 30.4 Å². The predicted octanol–water partition coefficient (Wildman–Crippen LogP) is 1.83. The van der Waals surface area contributed by atoms with Gasteiger partial charge in [0.15, 0.2) is 17.3 Å². The van der Waals surface area contributed by atoms with Crippen LogP contribution in [0.2, 0.25) is 0 Å². The topological polar surface area (TPSA) is 89.8 Å². The molecule has 0 spiro atoms. The second-order valence-electron chi connectivity index (χ2n) is 6.39. The third kappa shape index (κ3) is 3.93. The van der Waals surface area contributed by atoms with Crippen LogP contribution in [-0.4, -0.2) is 31.7 Å². The lowest BCUT2D eigenvalue weighted by Gasteiger charge is -2.26. The van der Waals surface area contributed by atoms with Gasteiger partial charge in [0.1, 0.15) is 0 Å². The first-order chi connectivity index (χ1) is 12.0. The summed E-state index contributed by atoms with van der Waals surface area (Å²) >= 11 is 0. The van der Waals surface area contributed by atoms with Gasteiger partial charge in [-0.05, 0) is 29.8 Å². The van der Waals surface area contributed by atoms with Gasteiger partial charge >= 0.3 is 0 Å². The second kappa shape index (κ2) is 6.88. The number of furan rings is 1. The van der Waals surface area contributed by atoms with E-state index in [2.05, 4.69) is 10.6 Å². The van der Waals surface area contributed by atoms with Gasteiger partial charge in [-0.2, -0.15) is 0 Å². The normalized spacial score (nSPS) is 12.7. The van der Waals surface area contributed by atoms with Crippen molar-refractivity contribution >= 4 is 11.8 Å². The molecular formula is C18H20N2O5. The van der Waals surface area contributed by atoms with E-state index in [1.54, 1.807) is 6.07 Å². The highest BCUT2D eigenvalue weighted by Crippen LogP contribution is 2.36. The van der Waals surface area contributed by atoms with Crippen molar-refractivity contribution in [1.82, 2.24) is 10.6 Å². The number of benzene rings is 1. The van der Waals surface area contributed by atoms with Gasteiger partial charge in [-0.15, -0.1) is 0 Å². The van der Waals surface area contributed by atoms with Gasteiger partial charge in [-0.1, -0.05) is 19.9 Å². The number of rotatable bonds is 6. The lowest BCUT2D eigenvalue weighted by Crippen LogP contribution is -2.42. The Kier molecular flexibility index (Phi) is 4.65. The van der Waals surface area contributed by atoms with Crippen LogP contribution in [0.5, 0.6) is 11.5 Å². The zero-order valence-corrected chi connectivity index (χ0v) is 14.1. The monoisotopic (exact) mass is 344 g/mol. The third-order valence-corrected chi connectivity index (χ3v) is 4.04. The SMILES string of the molecule is CC(C)(CNC(=O)CNC(=O)c1ccco1)c1ccc2c(c1)OCO2. The van der Waals surface area contributed by atoms with Gasteiger partial charge in [0.25, 0.3) is 5.91 Å². The highest BCUT2D eigenvalue weighted by atomic mass is 16.7. The van der Waals surface area contributed by atoms with E-state index in [4.69, 9.17) is 13.9 Å². The minimum Gasteiger partial charge on any atom is -0.459 e. The third-order valence-electron chi connectivity index (χ3n) is 4.04. The smallest absolute Gasteiger partial charge is 0.287 e. The molecule has 0 radical (unpaired) electrons. The minimum atomic E-state index is -0.421. The fraction of sp³-hybridized carbons (Fsp3) is 0.333. The molecule has 132 valence electrons. The van der Waals surface area contributed by atoms with Crippen molar-refractivity contribution in [1.29, 1.82) is 0 Å². The summed E-state index contributed by atoms with van der Waals surface area (Å²) in [7, 11) is 0. The number of hydrogen-bond acceptors (Lipinski definition) is 5. The van der Waals surface area contributed by atoms with Crippen LogP contribution in [-0.2, 0) is 10.2 Å². The van der Waals surface area contributed by atoms with Crippen LogP contribution in [0, 0.1) is 0 Å². The van der Waals surface area contributed by atoms with Crippen LogP contribution in [0.25, 0.3) is 0 Å². The molecule has 0 saturated heterocycles. The van der Waals surface area contributed by atoms with Crippen LogP contribution in [0.3, 0.4) is 0 Å². The summed E-state index contributed by atoms with van der Waals surface area (Å²) in [5.74, 6) is 0.921. The minimum absolute atomic E-state index is 0.114. The summed E-state index contributed by atoms with van der Waals surface area (Å²) in [4.78, 5) is 23.7. The van der Waals surface area contributed by atoms with Crippen molar-refractivity contribution in [3.05, 3.63) is 47.9 Å². The number of carbonyl (C=O) groups excluding carboxylic acids is 2. The number of fused-ring (bicyclic) bond motifs is 1. The second-order valence-corrected chi connectivity index (χ2v) is 6.39. The molecule has 1 aromatic heterocycles. The molecule has 1 aromatic carbocycles. The van der Waals surface area contributed by atoms with Crippen molar-refractivity contribution in [3.8, 4) is 11.5 Å². The van der Waals surface area contributed by atoms with E-state index >= 15 is 0 Å². The first-order valence-corrected chi connectivity index (χ1v) is 7.94. The van der Waals surface area contributed by atoms with Crippen molar-refractivity contribution < 1.29 is 23.5 Å². The van der Waals surface area contributed by atoms with Crippen molar-refractivity contribution in [2.24, 2.45) is 0 Å². The summed E-state index contributed by atoms with van der Waals surface area (Å²) in [6, 6.07) is 8.90. The molecule has 7 heteroatoms. The largest absolute Gasteiger partial charge is 0.459 e. The molecule has 0 fully saturated rings. The Hall–Kier alpha value is -2.96. The number of nitrogens with one attached hydrogen (secondary N) is 2. The summed E-state index contributed by atoms with van der Waals surface area (Å²) in [6.07, 6.45) is 1.41. The van der Waals surface area contributed by atoms with E-state index in [0.29, 0.717) is 12.3 Å². The van der Waals surface area contributed by atoms with Crippen molar-refractivity contribution in [2.75, 3.05) is 19.9 Å². The number of amides is 2. The van der Waals surface area contributed by atoms with Crippen LogP contribution in [0.4, 0.5) is 0 Å². The average Bonchev–Trinajstić information content (AvgIpc) is 3.28. The molecule has 0 atom stereocenters. The standard InChI is InChI=1S/C18H20N2O5/c1-18(2,12-5-6-13-15(8-12)25-11-24-13)10-20-16(21)9-19-17(22)14-4-3-7-23-14/h3-8H,9-11H2,1-2H3,(H,19,22)(H,20,21). The van der Waals surface area contributed by atoms with Gasteiger partial charge in [0.05, 0.1) is 12.8 Å². The molecule has 0 bridgehead atoms. The van der Waals surface area contributed by atoms with Gasteiger partial charge in [0, 0.05) is 12.0 Å². The zero-order valence-electron chi connectivity index (χ0n) is 14.1. The Morgan fingerprint density at radius 1 is 1.12 bits per heavy atom. The molecule has 2 heterocycles. The summed E-state index contributed by atoms with van der Waals surface area (Å²) < 4.78 is 15.7. The van der Waals surface area contributed by atoms with Crippen LogP contribution in [0.1, 0.15) is 30.0 Å². The van der Waals surface area contributed by atoms with Crippen LogP contribution < -0.4 is 20.1 Å². The highest BCUT2D eigenvalue weighted by molar-refractivity contribution is 5.94. The number of ether oxygens (including phenoxy) is 2. The maximum atomic E-state index is 12.0. The quantitative estimate of drug-likeness (QED) is 0.834. The maximum Gasteiger partial charge on any atom is 0.287 e. The fourth-order valence-electron chi connectivity index (χ4n) is 2.46. The Labute approximate surface area is 145 Å². The predicted molar refractivity (Wildman–Crippen MR) is 89.6 cm³/mol. The molecule has 2 aromatic rings. The summed E-state index contributed by atoms with van der Waals surface area (Å²) in [6.45, 7) is 4.57. The van der Waals surface area contributed by atoms with Gasteiger partial charge in [-0.3, -0.25) is 9.59 Å². The van der Waals surface area contributed by atoms with Gasteiger partial charge < -0.3 is 24.5 Å². The summed E-state index contributed by atoms with van der Waals surface area (Å²) in [5, 5.41) is 5.35. The fourth-order valence-corrected chi connectivity index (χ4v) is 2.46. The lowest BCUT2D eigenvalue weighted by molar-refractivity contribution is -0.120. The molecule has 1 aliphatic heterocycles. The Bertz CT molecular complexity index is 768. The lowest BCUT2D eigenvalue weighted by atomic mass is 9.84. The Balaban J connectivity index is 1.51. The van der Waals surface area contributed by atoms with Gasteiger partial charge in [-0.25, -0.2) is 0 Å². The molecule has 0 unspecified atom stereocenters. The molecule has 2 amide bonds. The summed E-state index contributed by atoms with van der Waals surface area (Å²) in [5.41, 5.74) is 0.721. The molecule has 7 nitrogen and oxygen atoms in total. The van der Waals surface area contributed by atoms with Crippen molar-refractivity contribution in [3.63, 3.8) is 0 Å². The first-order valence-electron chi connectivity index (χ1n) is 7.94. The Morgan fingerprint density at radius 2 is 1.92 bits per heavy atom. The van der Waals surface area contributed by atoms with E-state index in [9.17, 15) is 9.59 Å². The van der Waals surface area contributed by atoms with Gasteiger partial charge in [0.2, 0.25) is 12.7 Å². The zero-order chi connectivity index (χ0) is 17.9. The molecule has 2 N–H and O–H groups in total. The molecule has 1 aliphatic rings. The molecule has 0 aliphatic carbocycles.